The van der Waals surface area contributed by atoms with Crippen molar-refractivity contribution in [2.75, 3.05) is 30.4 Å². The largest absolute Gasteiger partial charge is 0.478 e. The maximum Gasteiger partial charge on any atom is 0.257 e. The number of aromatic nitrogens is 2. The highest BCUT2D eigenvalue weighted by molar-refractivity contribution is 6.03. The Morgan fingerprint density at radius 2 is 1.74 bits per heavy atom. The molecule has 0 radical (unpaired) electrons. The van der Waals surface area contributed by atoms with Gasteiger partial charge in [0.1, 0.15) is 0 Å². The fraction of sp³-hybridized carbons (Fsp3) is 0.240. The van der Waals surface area contributed by atoms with Crippen molar-refractivity contribution in [3.05, 3.63) is 66.7 Å². The number of para-hydroxylation sites is 2. The van der Waals surface area contributed by atoms with Crippen molar-refractivity contribution in [3.63, 3.8) is 0 Å². The monoisotopic (exact) mass is 412 g/mol. The van der Waals surface area contributed by atoms with Crippen LogP contribution in [0.15, 0.2) is 66.7 Å². The summed E-state index contributed by atoms with van der Waals surface area (Å²) in [5.41, 5.74) is 2.47. The lowest BCUT2D eigenvalue weighted by Crippen LogP contribution is -2.41. The molecule has 1 aromatic heterocycles. The molecule has 1 N–H and O–H groups in total. The highest BCUT2D eigenvalue weighted by Gasteiger charge is 2.29. The van der Waals surface area contributed by atoms with Gasteiger partial charge in [0.25, 0.3) is 5.88 Å². The second-order valence-electron chi connectivity index (χ2n) is 7.85. The molecule has 1 unspecified atom stereocenters. The van der Waals surface area contributed by atoms with Gasteiger partial charge < -0.3 is 15.0 Å². The molecule has 156 valence electrons. The lowest BCUT2D eigenvalue weighted by Gasteiger charge is -2.33. The van der Waals surface area contributed by atoms with E-state index in [1.54, 1.807) is 7.11 Å². The number of benzene rings is 3. The minimum atomic E-state index is -0.134. The smallest absolute Gasteiger partial charge is 0.257 e. The van der Waals surface area contributed by atoms with E-state index in [0.717, 1.165) is 46.9 Å². The van der Waals surface area contributed by atoms with E-state index in [1.165, 1.54) is 0 Å². The molecule has 1 aliphatic rings. The summed E-state index contributed by atoms with van der Waals surface area (Å²) < 4.78 is 5.53. The van der Waals surface area contributed by atoms with Crippen molar-refractivity contribution in [2.24, 2.45) is 5.92 Å². The van der Waals surface area contributed by atoms with Gasteiger partial charge >= 0.3 is 0 Å². The standard InChI is InChI=1S/C25H24N4O2/c1-31-25-23(26-21-12-4-5-13-22(21)28-25)29-15-7-10-18(16-29)24(30)27-20-14-6-9-17-8-2-3-11-19(17)20/h2-6,8-9,11-14,18H,7,10,15-16H2,1H3,(H,27,30). The summed E-state index contributed by atoms with van der Waals surface area (Å²) >= 11 is 0. The molecular formula is C25H24N4O2. The van der Waals surface area contributed by atoms with Crippen molar-refractivity contribution in [3.8, 4) is 5.88 Å². The third kappa shape index (κ3) is 3.77. The van der Waals surface area contributed by atoms with Gasteiger partial charge in [-0.05, 0) is 36.4 Å². The molecule has 4 aromatic rings. The van der Waals surface area contributed by atoms with Gasteiger partial charge in [0, 0.05) is 24.2 Å². The average molecular weight is 412 g/mol. The van der Waals surface area contributed by atoms with Crippen molar-refractivity contribution in [1.82, 2.24) is 9.97 Å². The molecule has 31 heavy (non-hydrogen) atoms. The molecule has 0 aliphatic carbocycles. The number of piperidine rings is 1. The quantitative estimate of drug-likeness (QED) is 0.529. The SMILES string of the molecule is COc1nc2ccccc2nc1N1CCCC(C(=O)Nc2cccc3ccccc23)C1. The van der Waals surface area contributed by atoms with E-state index in [-0.39, 0.29) is 11.8 Å². The predicted octanol–water partition coefficient (Wildman–Crippen LogP) is 4.65. The van der Waals surface area contributed by atoms with E-state index in [1.807, 2.05) is 54.6 Å². The van der Waals surface area contributed by atoms with E-state index >= 15 is 0 Å². The molecule has 5 rings (SSSR count). The molecule has 1 fully saturated rings. The number of nitrogens with zero attached hydrogens (tertiary/aromatic N) is 3. The van der Waals surface area contributed by atoms with Crippen molar-refractivity contribution in [1.29, 1.82) is 0 Å². The molecule has 3 aromatic carbocycles. The van der Waals surface area contributed by atoms with Crippen molar-refractivity contribution >= 4 is 39.2 Å². The molecule has 6 nitrogen and oxygen atoms in total. The van der Waals surface area contributed by atoms with E-state index in [2.05, 4.69) is 27.3 Å². The van der Waals surface area contributed by atoms with Gasteiger partial charge in [-0.15, -0.1) is 0 Å². The van der Waals surface area contributed by atoms with Crippen LogP contribution in [0.5, 0.6) is 5.88 Å². The molecule has 2 heterocycles. The lowest BCUT2D eigenvalue weighted by molar-refractivity contribution is -0.120. The van der Waals surface area contributed by atoms with Crippen LogP contribution in [0.1, 0.15) is 12.8 Å². The molecule has 6 heteroatoms. The summed E-state index contributed by atoms with van der Waals surface area (Å²) in [5, 5.41) is 5.31. The Balaban J connectivity index is 1.39. The molecule has 1 amide bonds. The zero-order valence-electron chi connectivity index (χ0n) is 17.4. The predicted molar refractivity (Wildman–Crippen MR) is 124 cm³/mol. The van der Waals surface area contributed by atoms with Crippen LogP contribution >= 0.6 is 0 Å². The molecule has 0 saturated carbocycles. The van der Waals surface area contributed by atoms with Crippen LogP contribution in [-0.4, -0.2) is 36.1 Å². The van der Waals surface area contributed by atoms with Crippen LogP contribution in [0, 0.1) is 5.92 Å². The fourth-order valence-electron chi connectivity index (χ4n) is 4.27. The Labute approximate surface area is 180 Å². The van der Waals surface area contributed by atoms with E-state index < -0.39 is 0 Å². The molecule has 1 saturated heterocycles. The van der Waals surface area contributed by atoms with Gasteiger partial charge in [0.05, 0.1) is 24.1 Å². The summed E-state index contributed by atoms with van der Waals surface area (Å²) in [6.07, 6.45) is 1.75. The van der Waals surface area contributed by atoms with Crippen LogP contribution < -0.4 is 15.0 Å². The van der Waals surface area contributed by atoms with Gasteiger partial charge in [0.2, 0.25) is 5.91 Å². The Morgan fingerprint density at radius 3 is 2.58 bits per heavy atom. The van der Waals surface area contributed by atoms with Gasteiger partial charge in [-0.1, -0.05) is 48.5 Å². The number of amides is 1. The van der Waals surface area contributed by atoms with Gasteiger partial charge in [-0.25, -0.2) is 9.97 Å². The molecule has 1 atom stereocenters. The van der Waals surface area contributed by atoms with Gasteiger partial charge in [-0.3, -0.25) is 4.79 Å². The highest BCUT2D eigenvalue weighted by Crippen LogP contribution is 2.31. The number of nitrogens with one attached hydrogen (secondary N) is 1. The van der Waals surface area contributed by atoms with Crippen LogP contribution in [0.2, 0.25) is 0 Å². The third-order valence-electron chi connectivity index (χ3n) is 5.85. The number of methoxy groups -OCH3 is 1. The van der Waals surface area contributed by atoms with Gasteiger partial charge in [0.15, 0.2) is 5.82 Å². The minimum Gasteiger partial charge on any atom is -0.478 e. The number of anilines is 2. The Bertz CT molecular complexity index is 1250. The first-order chi connectivity index (χ1) is 15.2. The summed E-state index contributed by atoms with van der Waals surface area (Å²) in [5.74, 6) is 1.09. The van der Waals surface area contributed by atoms with Crippen LogP contribution in [0.4, 0.5) is 11.5 Å². The summed E-state index contributed by atoms with van der Waals surface area (Å²) in [6.45, 7) is 1.40. The van der Waals surface area contributed by atoms with Crippen molar-refractivity contribution < 1.29 is 9.53 Å². The summed E-state index contributed by atoms with van der Waals surface area (Å²) in [6, 6.07) is 21.8. The molecular weight excluding hydrogens is 388 g/mol. The first-order valence-electron chi connectivity index (χ1n) is 10.6. The third-order valence-corrected chi connectivity index (χ3v) is 5.85. The first-order valence-corrected chi connectivity index (χ1v) is 10.6. The van der Waals surface area contributed by atoms with E-state index in [9.17, 15) is 4.79 Å². The Hall–Kier alpha value is -3.67. The van der Waals surface area contributed by atoms with E-state index in [0.29, 0.717) is 18.2 Å². The highest BCUT2D eigenvalue weighted by atomic mass is 16.5. The molecule has 0 bridgehead atoms. The lowest BCUT2D eigenvalue weighted by atomic mass is 9.96. The normalized spacial score (nSPS) is 16.4. The second kappa shape index (κ2) is 8.22. The maximum atomic E-state index is 13.1. The topological polar surface area (TPSA) is 67.4 Å². The summed E-state index contributed by atoms with van der Waals surface area (Å²) in [4.78, 5) is 24.7. The number of hydrogen-bond donors (Lipinski definition) is 1. The first kappa shape index (κ1) is 19.3. The van der Waals surface area contributed by atoms with Crippen LogP contribution in [0.25, 0.3) is 21.8 Å². The Kier molecular flexibility index (Phi) is 5.12. The average Bonchev–Trinajstić information content (AvgIpc) is 2.83. The maximum absolute atomic E-state index is 13.1. The van der Waals surface area contributed by atoms with Gasteiger partial charge in [-0.2, -0.15) is 0 Å². The zero-order valence-corrected chi connectivity index (χ0v) is 17.4. The Morgan fingerprint density at radius 1 is 1.00 bits per heavy atom. The fourth-order valence-corrected chi connectivity index (χ4v) is 4.27. The molecule has 1 aliphatic heterocycles. The number of hydrogen-bond acceptors (Lipinski definition) is 5. The van der Waals surface area contributed by atoms with Crippen molar-refractivity contribution in [2.45, 2.75) is 12.8 Å². The number of carbonyl (C=O) groups is 1. The van der Waals surface area contributed by atoms with Crippen LogP contribution in [-0.2, 0) is 4.79 Å². The zero-order chi connectivity index (χ0) is 21.2. The number of fused-ring (bicyclic) bond motifs is 2. The van der Waals surface area contributed by atoms with Crippen LogP contribution in [0.3, 0.4) is 0 Å². The number of rotatable bonds is 4. The number of carbonyl (C=O) groups excluding carboxylic acids is 1. The second-order valence-corrected chi connectivity index (χ2v) is 7.85. The minimum absolute atomic E-state index is 0.0359. The summed E-state index contributed by atoms with van der Waals surface area (Å²) in [7, 11) is 1.61. The number of ether oxygens (including phenoxy) is 1. The molecule has 0 spiro atoms. The van der Waals surface area contributed by atoms with E-state index in [4.69, 9.17) is 9.72 Å².